The summed E-state index contributed by atoms with van der Waals surface area (Å²) in [5.74, 6) is 0.577. The summed E-state index contributed by atoms with van der Waals surface area (Å²) < 4.78 is 5.04. The topological polar surface area (TPSA) is 111 Å². The lowest BCUT2D eigenvalue weighted by atomic mass is 10.2. The molecule has 20 heavy (non-hydrogen) atoms. The molecule has 102 valence electrons. The van der Waals surface area contributed by atoms with Gasteiger partial charge < -0.3 is 15.4 Å². The van der Waals surface area contributed by atoms with E-state index < -0.39 is 6.10 Å². The Morgan fingerprint density at radius 2 is 2.00 bits per heavy atom. The number of aliphatic hydroxyl groups excluding tert-OH is 1. The van der Waals surface area contributed by atoms with E-state index in [4.69, 9.17) is 10.3 Å². The number of aliphatic hydroxyl groups is 1. The highest BCUT2D eigenvalue weighted by atomic mass is 16.5. The number of fused-ring (bicyclic) bond motifs is 1. The second-order valence-corrected chi connectivity index (χ2v) is 4.31. The molecule has 1 aromatic carbocycles. The molecule has 3 N–H and O–H groups in total. The first-order valence-corrected chi connectivity index (χ1v) is 6.21. The minimum Gasteiger partial charge on any atom is -0.383 e. The molecule has 0 saturated carbocycles. The molecule has 0 radical (unpaired) electrons. The van der Waals surface area contributed by atoms with E-state index in [1.807, 2.05) is 18.2 Å². The van der Waals surface area contributed by atoms with Gasteiger partial charge >= 0.3 is 0 Å². The fourth-order valence-corrected chi connectivity index (χ4v) is 1.87. The quantitative estimate of drug-likeness (QED) is 0.729. The molecule has 1 unspecified atom stereocenters. The van der Waals surface area contributed by atoms with E-state index in [-0.39, 0.29) is 5.89 Å². The summed E-state index contributed by atoms with van der Waals surface area (Å²) in [5, 5.41) is 13.6. The van der Waals surface area contributed by atoms with Crippen LogP contribution >= 0.6 is 0 Å². The largest absolute Gasteiger partial charge is 0.383 e. The molecule has 0 aliphatic carbocycles. The smallest absolute Gasteiger partial charge is 0.255 e. The molecule has 3 aromatic rings. The zero-order valence-corrected chi connectivity index (χ0v) is 10.6. The minimum atomic E-state index is -0.832. The molecule has 0 fully saturated rings. The molecular formula is C13H13N5O2. The van der Waals surface area contributed by atoms with Gasteiger partial charge in [-0.25, -0.2) is 0 Å². The number of hydrogen-bond donors (Lipinski definition) is 2. The van der Waals surface area contributed by atoms with E-state index in [1.165, 1.54) is 0 Å². The summed E-state index contributed by atoms with van der Waals surface area (Å²) >= 11 is 0. The molecule has 7 nitrogen and oxygen atoms in total. The van der Waals surface area contributed by atoms with E-state index in [0.29, 0.717) is 18.8 Å². The van der Waals surface area contributed by atoms with Gasteiger partial charge in [0.05, 0.1) is 11.0 Å². The highest BCUT2D eigenvalue weighted by Gasteiger charge is 2.16. The summed E-state index contributed by atoms with van der Waals surface area (Å²) in [5.41, 5.74) is 7.68. The fraction of sp³-hybridized carbons (Fsp3) is 0.231. The average molecular weight is 271 g/mol. The Labute approximate surface area is 114 Å². The van der Waals surface area contributed by atoms with Crippen molar-refractivity contribution in [3.05, 3.63) is 36.5 Å². The standard InChI is InChI=1S/C13H13N5O2/c14-4-3-11(19)13-17-12(18-20-13)8-1-2-9-10(7-8)16-6-5-15-9/h1-2,5-7,11,19H,3-4,14H2. The third-order valence-corrected chi connectivity index (χ3v) is 2.89. The highest BCUT2D eigenvalue weighted by Crippen LogP contribution is 2.22. The molecule has 0 saturated heterocycles. The van der Waals surface area contributed by atoms with Gasteiger partial charge in [0.2, 0.25) is 5.82 Å². The monoisotopic (exact) mass is 271 g/mol. The van der Waals surface area contributed by atoms with Crippen LogP contribution in [0.15, 0.2) is 35.1 Å². The van der Waals surface area contributed by atoms with E-state index in [2.05, 4.69) is 20.1 Å². The van der Waals surface area contributed by atoms with Gasteiger partial charge in [0, 0.05) is 18.0 Å². The number of nitrogens with two attached hydrogens (primary N) is 1. The lowest BCUT2D eigenvalue weighted by molar-refractivity contribution is 0.127. The zero-order valence-electron chi connectivity index (χ0n) is 10.6. The van der Waals surface area contributed by atoms with Crippen molar-refractivity contribution in [2.45, 2.75) is 12.5 Å². The van der Waals surface area contributed by atoms with E-state index in [9.17, 15) is 5.11 Å². The summed E-state index contributed by atoms with van der Waals surface area (Å²) in [6.45, 7) is 0.352. The third kappa shape index (κ3) is 2.36. The Balaban J connectivity index is 1.94. The first kappa shape index (κ1) is 12.6. The maximum absolute atomic E-state index is 9.75. The normalized spacial score (nSPS) is 12.7. The van der Waals surface area contributed by atoms with Gasteiger partial charge in [-0.2, -0.15) is 4.98 Å². The summed E-state index contributed by atoms with van der Waals surface area (Å²) in [7, 11) is 0. The Bertz CT molecular complexity index is 727. The fourth-order valence-electron chi connectivity index (χ4n) is 1.87. The van der Waals surface area contributed by atoms with Crippen molar-refractivity contribution in [1.29, 1.82) is 0 Å². The first-order valence-electron chi connectivity index (χ1n) is 6.21. The van der Waals surface area contributed by atoms with Crippen molar-refractivity contribution in [3.63, 3.8) is 0 Å². The molecule has 0 amide bonds. The molecule has 3 rings (SSSR count). The highest BCUT2D eigenvalue weighted by molar-refractivity contribution is 5.79. The maximum Gasteiger partial charge on any atom is 0.255 e. The van der Waals surface area contributed by atoms with Crippen LogP contribution in [-0.4, -0.2) is 31.8 Å². The molecule has 0 bridgehead atoms. The Morgan fingerprint density at radius 1 is 1.20 bits per heavy atom. The number of benzene rings is 1. The molecule has 2 heterocycles. The summed E-state index contributed by atoms with van der Waals surface area (Å²) in [6, 6.07) is 5.50. The molecular weight excluding hydrogens is 258 g/mol. The van der Waals surface area contributed by atoms with Crippen molar-refractivity contribution in [2.75, 3.05) is 6.54 Å². The Hall–Kier alpha value is -2.38. The van der Waals surface area contributed by atoms with Crippen LogP contribution in [0.2, 0.25) is 0 Å². The molecule has 2 aromatic heterocycles. The summed E-state index contributed by atoms with van der Waals surface area (Å²) in [4.78, 5) is 12.6. The minimum absolute atomic E-state index is 0.171. The van der Waals surface area contributed by atoms with Crippen LogP contribution in [0.5, 0.6) is 0 Å². The van der Waals surface area contributed by atoms with E-state index in [1.54, 1.807) is 12.4 Å². The molecule has 0 aliphatic heterocycles. The van der Waals surface area contributed by atoms with Crippen molar-refractivity contribution in [3.8, 4) is 11.4 Å². The van der Waals surface area contributed by atoms with Crippen molar-refractivity contribution in [1.82, 2.24) is 20.1 Å². The Morgan fingerprint density at radius 3 is 2.80 bits per heavy atom. The molecule has 1 atom stereocenters. The Kier molecular flexibility index (Phi) is 3.36. The predicted molar refractivity (Wildman–Crippen MR) is 71.5 cm³/mol. The number of nitrogens with zero attached hydrogens (tertiary/aromatic N) is 4. The van der Waals surface area contributed by atoms with Crippen LogP contribution in [0.1, 0.15) is 18.4 Å². The molecule has 7 heteroatoms. The van der Waals surface area contributed by atoms with Gasteiger partial charge in [0.25, 0.3) is 5.89 Å². The van der Waals surface area contributed by atoms with Gasteiger partial charge in [-0.05, 0) is 31.2 Å². The SMILES string of the molecule is NCCC(O)c1nc(-c2ccc3nccnc3c2)no1. The second kappa shape index (κ2) is 5.32. The van der Waals surface area contributed by atoms with Gasteiger partial charge in [-0.3, -0.25) is 9.97 Å². The molecule has 0 aliphatic rings. The zero-order chi connectivity index (χ0) is 13.9. The number of hydrogen-bond acceptors (Lipinski definition) is 7. The predicted octanol–water partition coefficient (Wildman–Crippen LogP) is 1.06. The van der Waals surface area contributed by atoms with Crippen LogP contribution < -0.4 is 5.73 Å². The van der Waals surface area contributed by atoms with Gasteiger partial charge in [-0.15, -0.1) is 0 Å². The number of rotatable bonds is 4. The lowest BCUT2D eigenvalue weighted by Gasteiger charge is -2.01. The van der Waals surface area contributed by atoms with Crippen LogP contribution in [0, 0.1) is 0 Å². The van der Waals surface area contributed by atoms with Crippen molar-refractivity contribution >= 4 is 11.0 Å². The van der Waals surface area contributed by atoms with Crippen LogP contribution in [-0.2, 0) is 0 Å². The van der Waals surface area contributed by atoms with E-state index in [0.717, 1.165) is 16.6 Å². The third-order valence-electron chi connectivity index (χ3n) is 2.89. The van der Waals surface area contributed by atoms with Crippen molar-refractivity contribution in [2.24, 2.45) is 5.73 Å². The average Bonchev–Trinajstić information content (AvgIpc) is 2.97. The van der Waals surface area contributed by atoms with E-state index >= 15 is 0 Å². The maximum atomic E-state index is 9.75. The van der Waals surface area contributed by atoms with Gasteiger partial charge in [0.15, 0.2) is 0 Å². The molecule has 0 spiro atoms. The lowest BCUT2D eigenvalue weighted by Crippen LogP contribution is -2.06. The van der Waals surface area contributed by atoms with Gasteiger partial charge in [-0.1, -0.05) is 5.16 Å². The van der Waals surface area contributed by atoms with Gasteiger partial charge in [0.1, 0.15) is 6.10 Å². The number of aromatic nitrogens is 4. The summed E-state index contributed by atoms with van der Waals surface area (Å²) in [6.07, 6.45) is 2.81. The van der Waals surface area contributed by atoms with Crippen LogP contribution in [0.4, 0.5) is 0 Å². The van der Waals surface area contributed by atoms with Crippen LogP contribution in [0.25, 0.3) is 22.4 Å². The second-order valence-electron chi connectivity index (χ2n) is 4.31. The van der Waals surface area contributed by atoms with Crippen molar-refractivity contribution < 1.29 is 9.63 Å². The van der Waals surface area contributed by atoms with Crippen LogP contribution in [0.3, 0.4) is 0 Å². The first-order chi connectivity index (χ1) is 9.78.